The van der Waals surface area contributed by atoms with Crippen LogP contribution in [0.15, 0.2) is 42.5 Å². The van der Waals surface area contributed by atoms with E-state index in [1.165, 1.54) is 22.3 Å². The molecule has 100 valence electrons. The van der Waals surface area contributed by atoms with Crippen LogP contribution in [0.3, 0.4) is 0 Å². The Kier molecular flexibility index (Phi) is 4.23. The van der Waals surface area contributed by atoms with Crippen molar-refractivity contribution in [3.63, 3.8) is 0 Å². The number of ether oxygens (including phenoxy) is 1. The van der Waals surface area contributed by atoms with Gasteiger partial charge in [0, 0.05) is 6.04 Å². The quantitative estimate of drug-likeness (QED) is 0.906. The lowest BCUT2D eigenvalue weighted by molar-refractivity contribution is 0.414. The van der Waals surface area contributed by atoms with E-state index < -0.39 is 0 Å². The summed E-state index contributed by atoms with van der Waals surface area (Å²) in [6.45, 7) is 4.13. The molecule has 2 aromatic rings. The minimum atomic E-state index is 0.202. The molecule has 19 heavy (non-hydrogen) atoms. The van der Waals surface area contributed by atoms with Gasteiger partial charge in [0.1, 0.15) is 5.75 Å². The molecule has 0 aliphatic rings. The van der Waals surface area contributed by atoms with Gasteiger partial charge in [-0.2, -0.15) is 0 Å². The molecule has 0 amide bonds. The van der Waals surface area contributed by atoms with E-state index in [0.29, 0.717) is 0 Å². The van der Waals surface area contributed by atoms with E-state index in [9.17, 15) is 0 Å². The SMILES string of the molecule is COc1ccc(-c2ccc(CC(C)N)cc2)c(C)c1. The van der Waals surface area contributed by atoms with Gasteiger partial charge in [-0.3, -0.25) is 0 Å². The molecule has 0 bridgehead atoms. The maximum atomic E-state index is 5.82. The lowest BCUT2D eigenvalue weighted by atomic mass is 9.98. The van der Waals surface area contributed by atoms with E-state index >= 15 is 0 Å². The van der Waals surface area contributed by atoms with Gasteiger partial charge >= 0.3 is 0 Å². The van der Waals surface area contributed by atoms with Gasteiger partial charge in [0.15, 0.2) is 0 Å². The maximum Gasteiger partial charge on any atom is 0.119 e. The minimum Gasteiger partial charge on any atom is -0.497 e. The highest BCUT2D eigenvalue weighted by molar-refractivity contribution is 5.68. The van der Waals surface area contributed by atoms with Crippen LogP contribution in [-0.4, -0.2) is 13.2 Å². The first-order valence-electron chi connectivity index (χ1n) is 6.59. The second kappa shape index (κ2) is 5.89. The first kappa shape index (κ1) is 13.6. The molecule has 2 nitrogen and oxygen atoms in total. The summed E-state index contributed by atoms with van der Waals surface area (Å²) in [7, 11) is 1.69. The average Bonchev–Trinajstić information content (AvgIpc) is 2.39. The highest BCUT2D eigenvalue weighted by atomic mass is 16.5. The van der Waals surface area contributed by atoms with E-state index in [1.807, 2.05) is 13.0 Å². The van der Waals surface area contributed by atoms with Crippen molar-refractivity contribution >= 4 is 0 Å². The molecule has 0 spiro atoms. The molecular formula is C17H21NO. The summed E-state index contributed by atoms with van der Waals surface area (Å²) in [4.78, 5) is 0. The second-order valence-corrected chi connectivity index (χ2v) is 5.06. The van der Waals surface area contributed by atoms with Crippen LogP contribution in [0.25, 0.3) is 11.1 Å². The molecule has 0 aliphatic carbocycles. The van der Waals surface area contributed by atoms with Crippen LogP contribution >= 0.6 is 0 Å². The maximum absolute atomic E-state index is 5.82. The van der Waals surface area contributed by atoms with E-state index in [4.69, 9.17) is 10.5 Å². The zero-order chi connectivity index (χ0) is 13.8. The second-order valence-electron chi connectivity index (χ2n) is 5.06. The Morgan fingerprint density at radius 1 is 1.11 bits per heavy atom. The van der Waals surface area contributed by atoms with Gasteiger partial charge in [0.2, 0.25) is 0 Å². The van der Waals surface area contributed by atoms with Gasteiger partial charge in [-0.1, -0.05) is 30.3 Å². The fraction of sp³-hybridized carbons (Fsp3) is 0.294. The number of rotatable bonds is 4. The molecule has 2 aromatic carbocycles. The average molecular weight is 255 g/mol. The molecule has 1 atom stereocenters. The molecule has 0 aliphatic heterocycles. The van der Waals surface area contributed by atoms with Crippen LogP contribution in [0.4, 0.5) is 0 Å². The van der Waals surface area contributed by atoms with Crippen LogP contribution in [0.1, 0.15) is 18.1 Å². The summed E-state index contributed by atoms with van der Waals surface area (Å²) < 4.78 is 5.23. The van der Waals surface area contributed by atoms with E-state index in [0.717, 1.165) is 12.2 Å². The topological polar surface area (TPSA) is 35.2 Å². The molecule has 2 N–H and O–H groups in total. The fourth-order valence-electron chi connectivity index (χ4n) is 2.28. The van der Waals surface area contributed by atoms with Crippen molar-refractivity contribution < 1.29 is 4.74 Å². The fourth-order valence-corrected chi connectivity index (χ4v) is 2.28. The normalized spacial score (nSPS) is 12.2. The molecule has 0 saturated heterocycles. The highest BCUT2D eigenvalue weighted by Crippen LogP contribution is 2.27. The Hall–Kier alpha value is -1.80. The Morgan fingerprint density at radius 3 is 2.32 bits per heavy atom. The first-order valence-corrected chi connectivity index (χ1v) is 6.59. The molecule has 2 rings (SSSR count). The van der Waals surface area contributed by atoms with Crippen LogP contribution in [0, 0.1) is 6.92 Å². The van der Waals surface area contributed by atoms with Gasteiger partial charge in [-0.25, -0.2) is 0 Å². The van der Waals surface area contributed by atoms with Gasteiger partial charge < -0.3 is 10.5 Å². The number of hydrogen-bond acceptors (Lipinski definition) is 2. The smallest absolute Gasteiger partial charge is 0.119 e. The molecule has 0 radical (unpaired) electrons. The van der Waals surface area contributed by atoms with Gasteiger partial charge in [-0.05, 0) is 54.7 Å². The Bertz CT molecular complexity index is 544. The van der Waals surface area contributed by atoms with Crippen LogP contribution in [0.2, 0.25) is 0 Å². The van der Waals surface area contributed by atoms with Gasteiger partial charge in [0.25, 0.3) is 0 Å². The zero-order valence-corrected chi connectivity index (χ0v) is 11.8. The van der Waals surface area contributed by atoms with Crippen molar-refractivity contribution in [2.75, 3.05) is 7.11 Å². The lowest BCUT2D eigenvalue weighted by Crippen LogP contribution is -2.17. The zero-order valence-electron chi connectivity index (χ0n) is 11.8. The predicted octanol–water partition coefficient (Wildman–Crippen LogP) is 3.56. The Labute approximate surface area is 115 Å². The molecular weight excluding hydrogens is 234 g/mol. The monoisotopic (exact) mass is 255 g/mol. The first-order chi connectivity index (χ1) is 9.10. The summed E-state index contributed by atoms with van der Waals surface area (Å²) in [5, 5.41) is 0. The number of hydrogen-bond donors (Lipinski definition) is 1. The van der Waals surface area contributed by atoms with Crippen molar-refractivity contribution in [2.45, 2.75) is 26.3 Å². The molecule has 1 unspecified atom stereocenters. The number of nitrogens with two attached hydrogens (primary N) is 1. The lowest BCUT2D eigenvalue weighted by Gasteiger charge is -2.10. The highest BCUT2D eigenvalue weighted by Gasteiger charge is 2.04. The standard InChI is InChI=1S/C17H21NO/c1-12-10-16(19-3)8-9-17(12)15-6-4-14(5-7-15)11-13(2)18/h4-10,13H,11,18H2,1-3H3. The summed E-state index contributed by atoms with van der Waals surface area (Å²) in [5.74, 6) is 0.898. The minimum absolute atomic E-state index is 0.202. The van der Waals surface area contributed by atoms with Crippen molar-refractivity contribution in [1.82, 2.24) is 0 Å². The van der Waals surface area contributed by atoms with E-state index in [-0.39, 0.29) is 6.04 Å². The predicted molar refractivity (Wildman–Crippen MR) is 80.5 cm³/mol. The van der Waals surface area contributed by atoms with Crippen LogP contribution < -0.4 is 10.5 Å². The third kappa shape index (κ3) is 3.36. The molecule has 0 saturated carbocycles. The summed E-state index contributed by atoms with van der Waals surface area (Å²) in [6.07, 6.45) is 0.919. The largest absolute Gasteiger partial charge is 0.497 e. The molecule has 0 heterocycles. The van der Waals surface area contributed by atoms with Gasteiger partial charge in [-0.15, -0.1) is 0 Å². The Morgan fingerprint density at radius 2 is 1.79 bits per heavy atom. The Balaban J connectivity index is 2.27. The molecule has 0 aromatic heterocycles. The summed E-state index contributed by atoms with van der Waals surface area (Å²) >= 11 is 0. The van der Waals surface area contributed by atoms with Crippen molar-refractivity contribution in [2.24, 2.45) is 5.73 Å². The van der Waals surface area contributed by atoms with E-state index in [2.05, 4.69) is 43.3 Å². The summed E-state index contributed by atoms with van der Waals surface area (Å²) in [5.41, 5.74) is 10.8. The van der Waals surface area contributed by atoms with Crippen molar-refractivity contribution in [1.29, 1.82) is 0 Å². The number of methoxy groups -OCH3 is 1. The molecule has 0 fully saturated rings. The van der Waals surface area contributed by atoms with Crippen LogP contribution in [0.5, 0.6) is 5.75 Å². The third-order valence-electron chi connectivity index (χ3n) is 3.26. The van der Waals surface area contributed by atoms with Crippen LogP contribution in [-0.2, 0) is 6.42 Å². The number of aryl methyl sites for hydroxylation is 1. The third-order valence-corrected chi connectivity index (χ3v) is 3.26. The van der Waals surface area contributed by atoms with E-state index in [1.54, 1.807) is 7.11 Å². The molecule has 2 heteroatoms. The van der Waals surface area contributed by atoms with Crippen molar-refractivity contribution in [3.05, 3.63) is 53.6 Å². The summed E-state index contributed by atoms with van der Waals surface area (Å²) in [6, 6.07) is 15.0. The van der Waals surface area contributed by atoms with Gasteiger partial charge in [0.05, 0.1) is 7.11 Å². The van der Waals surface area contributed by atoms with Crippen molar-refractivity contribution in [3.8, 4) is 16.9 Å². The number of benzene rings is 2.